The highest BCUT2D eigenvalue weighted by Crippen LogP contribution is 2.39. The first kappa shape index (κ1) is 32.0. The van der Waals surface area contributed by atoms with Gasteiger partial charge in [-0.1, -0.05) is 58.5 Å². The van der Waals surface area contributed by atoms with Crippen LogP contribution < -0.4 is 10.5 Å². The molecular weight excluding hydrogens is 607 g/mol. The molecule has 0 aliphatic heterocycles. The molecule has 2 N–H and O–H groups in total. The predicted molar refractivity (Wildman–Crippen MR) is 185 cm³/mol. The van der Waals surface area contributed by atoms with Gasteiger partial charge in [0.2, 0.25) is 5.91 Å². The van der Waals surface area contributed by atoms with E-state index in [0.717, 1.165) is 61.6 Å². The summed E-state index contributed by atoms with van der Waals surface area (Å²) in [6, 6.07) is 24.3. The second-order valence-electron chi connectivity index (χ2n) is 12.9. The summed E-state index contributed by atoms with van der Waals surface area (Å²) in [6.07, 6.45) is 6.59. The largest absolute Gasteiger partial charge is 0.493 e. The maximum Gasteiger partial charge on any atom is 0.221 e. The second kappa shape index (κ2) is 13.4. The number of rotatable bonds is 11. The summed E-state index contributed by atoms with van der Waals surface area (Å²) in [7, 11) is 0. The van der Waals surface area contributed by atoms with E-state index in [-0.39, 0.29) is 23.7 Å². The summed E-state index contributed by atoms with van der Waals surface area (Å²) >= 11 is 1.65. The highest BCUT2D eigenvalue weighted by molar-refractivity contribution is 7.99. The number of hydrogen-bond acceptors (Lipinski definition) is 7. The van der Waals surface area contributed by atoms with Gasteiger partial charge in [-0.05, 0) is 65.7 Å². The first-order valence-corrected chi connectivity index (χ1v) is 16.5. The van der Waals surface area contributed by atoms with Crippen LogP contribution in [0.3, 0.4) is 0 Å². The molecule has 0 fully saturated rings. The van der Waals surface area contributed by atoms with Crippen LogP contribution in [0.2, 0.25) is 0 Å². The van der Waals surface area contributed by atoms with E-state index in [1.54, 1.807) is 24.2 Å². The molecule has 0 atom stereocenters. The van der Waals surface area contributed by atoms with Crippen LogP contribution in [0.25, 0.3) is 22.6 Å². The van der Waals surface area contributed by atoms with Gasteiger partial charge in [0.1, 0.15) is 11.6 Å². The number of nitrogens with two attached hydrogens (primary N) is 1. The molecule has 0 spiro atoms. The number of aromatic nitrogens is 6. The standard InChI is InChI=1S/C37H39N7O2S/c1-24(2)36-41-40-35-12-10-29(23-43(35)36)47-32-11-9-26(20-34(38)45)19-30(32)31-22-33(37(3,4)5)42-44(31)27-7-6-8-28(21-27)46-18-15-25-13-16-39-17-14-25/h6-14,16-17,19,21-24H,15,18,20H2,1-5H3,(H2,38,45). The van der Waals surface area contributed by atoms with Crippen molar-refractivity contribution in [2.45, 2.75) is 68.6 Å². The van der Waals surface area contributed by atoms with Gasteiger partial charge in [0.15, 0.2) is 5.65 Å². The fourth-order valence-electron chi connectivity index (χ4n) is 5.32. The zero-order valence-corrected chi connectivity index (χ0v) is 28.2. The van der Waals surface area contributed by atoms with E-state index in [2.05, 4.69) is 84.7 Å². The lowest BCUT2D eigenvalue weighted by Gasteiger charge is -2.15. The number of carbonyl (C=O) groups excluding carboxylic acids is 1. The van der Waals surface area contributed by atoms with Crippen LogP contribution in [-0.2, 0) is 23.1 Å². The van der Waals surface area contributed by atoms with Gasteiger partial charge >= 0.3 is 0 Å². The lowest BCUT2D eigenvalue weighted by atomic mass is 9.92. The highest BCUT2D eigenvalue weighted by Gasteiger charge is 2.24. The summed E-state index contributed by atoms with van der Waals surface area (Å²) in [6.45, 7) is 11.2. The van der Waals surface area contributed by atoms with Crippen LogP contribution in [0.15, 0.2) is 101 Å². The van der Waals surface area contributed by atoms with Crippen LogP contribution in [0.1, 0.15) is 63.2 Å². The number of pyridine rings is 2. The van der Waals surface area contributed by atoms with Gasteiger partial charge in [0, 0.05) is 57.8 Å². The fraction of sp³-hybridized carbons (Fsp3) is 0.270. The molecule has 0 saturated heterocycles. The van der Waals surface area contributed by atoms with E-state index < -0.39 is 0 Å². The molecule has 6 rings (SSSR count). The lowest BCUT2D eigenvalue weighted by molar-refractivity contribution is -0.117. The van der Waals surface area contributed by atoms with Crippen molar-refractivity contribution in [3.63, 3.8) is 0 Å². The average molecular weight is 646 g/mol. The van der Waals surface area contributed by atoms with Gasteiger partial charge in [-0.2, -0.15) is 5.10 Å². The molecule has 240 valence electrons. The van der Waals surface area contributed by atoms with E-state index in [1.807, 2.05) is 53.2 Å². The average Bonchev–Trinajstić information content (AvgIpc) is 3.68. The van der Waals surface area contributed by atoms with Crippen molar-refractivity contribution in [2.75, 3.05) is 6.61 Å². The first-order valence-electron chi connectivity index (χ1n) is 15.7. The van der Waals surface area contributed by atoms with Gasteiger partial charge in [0.25, 0.3) is 0 Å². The number of fused-ring (bicyclic) bond motifs is 1. The van der Waals surface area contributed by atoms with Crippen LogP contribution >= 0.6 is 11.8 Å². The Balaban J connectivity index is 1.41. The van der Waals surface area contributed by atoms with E-state index in [4.69, 9.17) is 15.6 Å². The fourth-order valence-corrected chi connectivity index (χ4v) is 6.28. The number of carbonyl (C=O) groups is 1. The van der Waals surface area contributed by atoms with Crippen molar-refractivity contribution in [3.8, 4) is 22.7 Å². The van der Waals surface area contributed by atoms with Crippen LogP contribution in [0.5, 0.6) is 5.75 Å². The highest BCUT2D eigenvalue weighted by atomic mass is 32.2. The summed E-state index contributed by atoms with van der Waals surface area (Å²) in [5.41, 5.74) is 11.9. The molecule has 2 aromatic carbocycles. The molecule has 4 heterocycles. The summed E-state index contributed by atoms with van der Waals surface area (Å²) in [4.78, 5) is 18.1. The van der Waals surface area contributed by atoms with Crippen molar-refractivity contribution < 1.29 is 9.53 Å². The lowest BCUT2D eigenvalue weighted by Crippen LogP contribution is -2.13. The quantitative estimate of drug-likeness (QED) is 0.159. The number of nitrogens with zero attached hydrogens (tertiary/aromatic N) is 6. The van der Waals surface area contributed by atoms with Crippen molar-refractivity contribution in [1.29, 1.82) is 0 Å². The molecule has 0 saturated carbocycles. The zero-order valence-electron chi connectivity index (χ0n) is 27.3. The van der Waals surface area contributed by atoms with Gasteiger partial charge < -0.3 is 10.5 Å². The summed E-state index contributed by atoms with van der Waals surface area (Å²) in [5.74, 6) is 1.52. The Morgan fingerprint density at radius 3 is 2.51 bits per heavy atom. The number of amides is 1. The molecule has 9 nitrogen and oxygen atoms in total. The minimum atomic E-state index is -0.379. The number of benzene rings is 2. The predicted octanol–water partition coefficient (Wildman–Crippen LogP) is 7.20. The summed E-state index contributed by atoms with van der Waals surface area (Å²) < 4.78 is 10.2. The second-order valence-corrected chi connectivity index (χ2v) is 14.0. The van der Waals surface area contributed by atoms with Crippen molar-refractivity contribution in [3.05, 3.63) is 114 Å². The summed E-state index contributed by atoms with van der Waals surface area (Å²) in [5, 5.41) is 13.9. The molecule has 1 amide bonds. The molecule has 0 unspecified atom stereocenters. The molecular formula is C37H39N7O2S. The Kier molecular flexibility index (Phi) is 9.13. The van der Waals surface area contributed by atoms with Crippen LogP contribution in [-0.4, -0.2) is 41.9 Å². The van der Waals surface area contributed by atoms with Crippen molar-refractivity contribution in [1.82, 2.24) is 29.4 Å². The minimum Gasteiger partial charge on any atom is -0.493 e. The number of hydrogen-bond donors (Lipinski definition) is 1. The molecule has 6 aromatic rings. The molecule has 0 aliphatic rings. The monoisotopic (exact) mass is 645 g/mol. The Hall–Kier alpha value is -4.96. The SMILES string of the molecule is CC(C)c1nnc2ccc(Sc3ccc(CC(N)=O)cc3-c3cc(C(C)(C)C)nn3-c3cccc(OCCc4ccncc4)c3)cn12. The van der Waals surface area contributed by atoms with E-state index >= 15 is 0 Å². The van der Waals surface area contributed by atoms with E-state index in [9.17, 15) is 4.79 Å². The topological polar surface area (TPSA) is 113 Å². The number of ether oxygens (including phenoxy) is 1. The van der Waals surface area contributed by atoms with Crippen LogP contribution in [0.4, 0.5) is 0 Å². The Morgan fingerprint density at radius 1 is 0.957 bits per heavy atom. The Labute approximate surface area is 279 Å². The molecule has 10 heteroatoms. The third-order valence-corrected chi connectivity index (χ3v) is 8.85. The van der Waals surface area contributed by atoms with Gasteiger partial charge in [0.05, 0.1) is 30.1 Å². The maximum absolute atomic E-state index is 12.0. The molecule has 4 aromatic heterocycles. The minimum absolute atomic E-state index is 0.142. The van der Waals surface area contributed by atoms with E-state index in [0.29, 0.717) is 6.61 Å². The van der Waals surface area contributed by atoms with E-state index in [1.165, 1.54) is 5.56 Å². The molecule has 0 bridgehead atoms. The van der Waals surface area contributed by atoms with Gasteiger partial charge in [-0.3, -0.25) is 14.2 Å². The van der Waals surface area contributed by atoms with Crippen LogP contribution in [0, 0.1) is 0 Å². The third kappa shape index (κ3) is 7.38. The normalized spacial score (nSPS) is 11.8. The molecule has 0 radical (unpaired) electrons. The Morgan fingerprint density at radius 2 is 1.77 bits per heavy atom. The Bertz CT molecular complexity index is 2030. The van der Waals surface area contributed by atoms with Gasteiger partial charge in [-0.25, -0.2) is 4.68 Å². The molecule has 0 aliphatic carbocycles. The number of primary amides is 1. The maximum atomic E-state index is 12.0. The molecule has 47 heavy (non-hydrogen) atoms. The first-order chi connectivity index (χ1) is 22.5. The third-order valence-electron chi connectivity index (χ3n) is 7.79. The zero-order chi connectivity index (χ0) is 33.1. The van der Waals surface area contributed by atoms with Crippen molar-refractivity contribution >= 4 is 23.3 Å². The smallest absolute Gasteiger partial charge is 0.221 e. The van der Waals surface area contributed by atoms with Gasteiger partial charge in [-0.15, -0.1) is 10.2 Å². The van der Waals surface area contributed by atoms with Crippen molar-refractivity contribution in [2.24, 2.45) is 5.73 Å².